The highest BCUT2D eigenvalue weighted by molar-refractivity contribution is 5.58. The maximum Gasteiger partial charge on any atom is 0.151 e. The minimum Gasteiger partial charge on any atom is -0.468 e. The quantitative estimate of drug-likeness (QED) is 0.489. The van der Waals surface area contributed by atoms with Gasteiger partial charge in [0.2, 0.25) is 0 Å². The Morgan fingerprint density at radius 3 is 1.96 bits per heavy atom. The van der Waals surface area contributed by atoms with E-state index < -0.39 is 0 Å². The Labute approximate surface area is 145 Å². The zero-order chi connectivity index (χ0) is 16.9. The average Bonchev–Trinajstić information content (AvgIpc) is 3.38. The van der Waals surface area contributed by atoms with E-state index in [-0.39, 0.29) is 0 Å². The minimum atomic E-state index is 0.612. The van der Waals surface area contributed by atoms with Crippen LogP contribution in [-0.2, 0) is 19.6 Å². The molecular formula is C20H18N2O3. The van der Waals surface area contributed by atoms with E-state index in [2.05, 4.69) is 10.1 Å². The van der Waals surface area contributed by atoms with Crippen LogP contribution in [0.15, 0.2) is 86.5 Å². The molecule has 0 amide bonds. The molecule has 0 radical (unpaired) electrons. The van der Waals surface area contributed by atoms with Crippen LogP contribution in [0.4, 0.5) is 0 Å². The Morgan fingerprint density at radius 1 is 0.720 bits per heavy atom. The minimum absolute atomic E-state index is 0.612. The number of rotatable bonds is 7. The van der Waals surface area contributed by atoms with Crippen LogP contribution in [0.3, 0.4) is 0 Å². The molecule has 0 saturated heterocycles. The molecule has 0 aliphatic heterocycles. The van der Waals surface area contributed by atoms with Crippen LogP contribution in [0.1, 0.15) is 17.3 Å². The molecule has 0 saturated carbocycles. The normalized spacial score (nSPS) is 11.2. The predicted octanol–water partition coefficient (Wildman–Crippen LogP) is 4.73. The third-order valence-corrected chi connectivity index (χ3v) is 3.93. The molecule has 0 unspecified atom stereocenters. The smallest absolute Gasteiger partial charge is 0.151 e. The molecule has 25 heavy (non-hydrogen) atoms. The molecule has 0 aliphatic carbocycles. The molecule has 0 aliphatic rings. The maximum atomic E-state index is 5.54. The second-order valence-electron chi connectivity index (χ2n) is 5.85. The van der Waals surface area contributed by atoms with E-state index in [4.69, 9.17) is 13.4 Å². The molecule has 126 valence electrons. The van der Waals surface area contributed by atoms with E-state index >= 15 is 0 Å². The lowest BCUT2D eigenvalue weighted by Gasteiger charge is -2.18. The fourth-order valence-electron chi connectivity index (χ4n) is 2.77. The van der Waals surface area contributed by atoms with E-state index in [1.54, 1.807) is 12.5 Å². The fraction of sp³-hybridized carbons (Fsp3) is 0.150. The second kappa shape index (κ2) is 7.23. The summed E-state index contributed by atoms with van der Waals surface area (Å²) in [4.78, 5) is 2.19. The van der Waals surface area contributed by atoms with Crippen LogP contribution in [0.25, 0.3) is 11.3 Å². The van der Waals surface area contributed by atoms with Crippen LogP contribution < -0.4 is 0 Å². The van der Waals surface area contributed by atoms with Crippen molar-refractivity contribution >= 4 is 0 Å². The summed E-state index contributed by atoms with van der Waals surface area (Å²) in [6.07, 6.45) is 3.37. The van der Waals surface area contributed by atoms with Crippen molar-refractivity contribution in [3.8, 4) is 11.3 Å². The van der Waals surface area contributed by atoms with Crippen molar-refractivity contribution in [2.75, 3.05) is 0 Å². The Kier molecular flexibility index (Phi) is 4.48. The number of hydrogen-bond acceptors (Lipinski definition) is 5. The van der Waals surface area contributed by atoms with Crippen molar-refractivity contribution in [2.24, 2.45) is 0 Å². The van der Waals surface area contributed by atoms with Crippen molar-refractivity contribution in [1.29, 1.82) is 0 Å². The standard InChI is InChI=1S/C20H18N2O3/c1-2-6-16(7-3-1)20-12-19(25-21-20)15-22(13-17-8-4-10-23-17)14-18-9-5-11-24-18/h1-12H,13-15H2. The molecule has 4 aromatic rings. The van der Waals surface area contributed by atoms with Gasteiger partial charge in [-0.2, -0.15) is 0 Å². The van der Waals surface area contributed by atoms with Gasteiger partial charge < -0.3 is 13.4 Å². The molecule has 0 bridgehead atoms. The van der Waals surface area contributed by atoms with Gasteiger partial charge in [0, 0.05) is 11.6 Å². The van der Waals surface area contributed by atoms with Gasteiger partial charge in [-0.25, -0.2) is 0 Å². The van der Waals surface area contributed by atoms with E-state index in [1.165, 1.54) is 0 Å². The topological polar surface area (TPSA) is 55.6 Å². The Balaban J connectivity index is 1.50. The number of nitrogens with zero attached hydrogens (tertiary/aromatic N) is 2. The molecule has 5 nitrogen and oxygen atoms in total. The molecule has 5 heteroatoms. The van der Waals surface area contributed by atoms with Crippen LogP contribution in [0.2, 0.25) is 0 Å². The van der Waals surface area contributed by atoms with Gasteiger partial charge in [0.15, 0.2) is 5.76 Å². The molecule has 3 aromatic heterocycles. The second-order valence-corrected chi connectivity index (χ2v) is 5.85. The van der Waals surface area contributed by atoms with Gasteiger partial charge in [-0.05, 0) is 24.3 Å². The highest BCUT2D eigenvalue weighted by Gasteiger charge is 2.15. The van der Waals surface area contributed by atoms with Gasteiger partial charge in [0.1, 0.15) is 17.2 Å². The molecule has 1 aromatic carbocycles. The molecule has 3 heterocycles. The first-order chi connectivity index (χ1) is 12.4. The number of furan rings is 2. The Hall–Kier alpha value is -3.05. The van der Waals surface area contributed by atoms with E-state index in [1.807, 2.05) is 60.7 Å². The molecule has 0 N–H and O–H groups in total. The van der Waals surface area contributed by atoms with Crippen molar-refractivity contribution in [3.05, 3.63) is 90.5 Å². The summed E-state index contributed by atoms with van der Waals surface area (Å²) in [6, 6.07) is 19.7. The number of aromatic nitrogens is 1. The van der Waals surface area contributed by atoms with Gasteiger partial charge in [-0.15, -0.1) is 0 Å². The number of benzene rings is 1. The summed E-state index contributed by atoms with van der Waals surface area (Å²) in [7, 11) is 0. The van der Waals surface area contributed by atoms with Crippen LogP contribution in [0, 0.1) is 0 Å². The van der Waals surface area contributed by atoms with Gasteiger partial charge in [-0.1, -0.05) is 35.5 Å². The first-order valence-corrected chi connectivity index (χ1v) is 8.15. The van der Waals surface area contributed by atoms with Crippen molar-refractivity contribution in [1.82, 2.24) is 10.1 Å². The fourth-order valence-corrected chi connectivity index (χ4v) is 2.77. The van der Waals surface area contributed by atoms with E-state index in [0.29, 0.717) is 19.6 Å². The molecule has 0 atom stereocenters. The molecular weight excluding hydrogens is 316 g/mol. The van der Waals surface area contributed by atoms with Crippen LogP contribution in [0.5, 0.6) is 0 Å². The predicted molar refractivity (Wildman–Crippen MR) is 92.3 cm³/mol. The van der Waals surface area contributed by atoms with E-state index in [9.17, 15) is 0 Å². The molecule has 0 spiro atoms. The first kappa shape index (κ1) is 15.5. The van der Waals surface area contributed by atoms with Crippen LogP contribution in [-0.4, -0.2) is 10.1 Å². The largest absolute Gasteiger partial charge is 0.468 e. The van der Waals surface area contributed by atoms with Crippen molar-refractivity contribution < 1.29 is 13.4 Å². The third-order valence-electron chi connectivity index (χ3n) is 3.93. The summed E-state index contributed by atoms with van der Waals surface area (Å²) in [5, 5.41) is 4.19. The zero-order valence-electron chi connectivity index (χ0n) is 13.7. The van der Waals surface area contributed by atoms with Crippen LogP contribution >= 0.6 is 0 Å². The van der Waals surface area contributed by atoms with Crippen molar-refractivity contribution in [3.63, 3.8) is 0 Å². The van der Waals surface area contributed by atoms with Gasteiger partial charge in [0.25, 0.3) is 0 Å². The highest BCUT2D eigenvalue weighted by atomic mass is 16.5. The summed E-state index contributed by atoms with van der Waals surface area (Å²) in [5.41, 5.74) is 1.88. The number of hydrogen-bond donors (Lipinski definition) is 0. The third kappa shape index (κ3) is 3.89. The van der Waals surface area contributed by atoms with Gasteiger partial charge >= 0.3 is 0 Å². The van der Waals surface area contributed by atoms with E-state index in [0.717, 1.165) is 28.5 Å². The monoisotopic (exact) mass is 334 g/mol. The lowest BCUT2D eigenvalue weighted by atomic mass is 10.1. The Morgan fingerprint density at radius 2 is 1.36 bits per heavy atom. The lowest BCUT2D eigenvalue weighted by Crippen LogP contribution is -2.21. The van der Waals surface area contributed by atoms with Crippen molar-refractivity contribution in [2.45, 2.75) is 19.6 Å². The lowest BCUT2D eigenvalue weighted by molar-refractivity contribution is 0.187. The first-order valence-electron chi connectivity index (χ1n) is 8.15. The maximum absolute atomic E-state index is 5.54. The highest BCUT2D eigenvalue weighted by Crippen LogP contribution is 2.21. The zero-order valence-corrected chi connectivity index (χ0v) is 13.7. The Bertz CT molecular complexity index is 844. The summed E-state index contributed by atoms with van der Waals surface area (Å²) in [5.74, 6) is 2.60. The molecule has 4 rings (SSSR count). The van der Waals surface area contributed by atoms with Gasteiger partial charge in [-0.3, -0.25) is 4.90 Å². The summed E-state index contributed by atoms with van der Waals surface area (Å²) >= 11 is 0. The summed E-state index contributed by atoms with van der Waals surface area (Å²) in [6.45, 7) is 1.94. The molecule has 0 fully saturated rings. The summed E-state index contributed by atoms with van der Waals surface area (Å²) < 4.78 is 16.5. The SMILES string of the molecule is c1ccc(-c2cc(CN(Cc3ccco3)Cc3ccco3)on2)cc1. The average molecular weight is 334 g/mol. The van der Waals surface area contributed by atoms with Gasteiger partial charge in [0.05, 0.1) is 32.2 Å².